The largest absolute Gasteiger partial charge is 0.497 e. The topological polar surface area (TPSA) is 49.9 Å². The van der Waals surface area contributed by atoms with Crippen LogP contribution >= 0.6 is 0 Å². The fraction of sp³-hybridized carbons (Fsp3) is 0.500. The molecular weight excluding hydrogens is 268 g/mol. The van der Waals surface area contributed by atoms with Crippen LogP contribution in [-0.4, -0.2) is 41.9 Å². The van der Waals surface area contributed by atoms with Crippen LogP contribution in [0.25, 0.3) is 0 Å². The lowest BCUT2D eigenvalue weighted by atomic mass is 9.89. The van der Waals surface area contributed by atoms with E-state index in [4.69, 9.17) is 4.74 Å². The molecule has 2 unspecified atom stereocenters. The summed E-state index contributed by atoms with van der Waals surface area (Å²) in [4.78, 5) is 24.2. The van der Waals surface area contributed by atoms with Gasteiger partial charge in [0.1, 0.15) is 11.5 Å². The number of ether oxygens (including phenoxy) is 1. The number of Topliss-reactive ketones (excluding diaryl/α,β-unsaturated/α-hetero) is 1. The molecule has 2 fully saturated rings. The molecule has 2 aliphatic rings. The third-order valence-electron chi connectivity index (χ3n) is 4.44. The fourth-order valence-electron chi connectivity index (χ4n) is 3.34. The Bertz CT molecular complexity index is 555. The molecule has 2 atom stereocenters. The number of hydrazine groups is 1. The molecule has 2 heterocycles. The normalized spacial score (nSPS) is 25.2. The van der Waals surface area contributed by atoms with E-state index in [-0.39, 0.29) is 23.7 Å². The number of methoxy groups -OCH3 is 1. The van der Waals surface area contributed by atoms with Crippen molar-refractivity contribution in [2.45, 2.75) is 25.8 Å². The Labute approximate surface area is 124 Å². The number of amides is 1. The molecule has 1 amide bonds. The van der Waals surface area contributed by atoms with Gasteiger partial charge in [-0.25, -0.2) is 5.01 Å². The lowest BCUT2D eigenvalue weighted by molar-refractivity contribution is -0.135. The fourth-order valence-corrected chi connectivity index (χ4v) is 3.34. The first-order chi connectivity index (χ1) is 10.2. The first kappa shape index (κ1) is 14.1. The van der Waals surface area contributed by atoms with E-state index in [0.29, 0.717) is 25.9 Å². The van der Waals surface area contributed by atoms with Crippen molar-refractivity contribution in [3.8, 4) is 5.75 Å². The maximum Gasteiger partial charge on any atom is 0.238 e. The molecule has 3 rings (SSSR count). The molecule has 0 aliphatic carbocycles. The number of carbonyl (C=O) groups excluding carboxylic acids is 2. The van der Waals surface area contributed by atoms with E-state index in [1.54, 1.807) is 12.1 Å². The summed E-state index contributed by atoms with van der Waals surface area (Å²) in [6.07, 6.45) is 1.05. The SMILES string of the molecule is CCC(=O)C1CN2C(=O)CCN2C1c1ccc(OC)cc1. The van der Waals surface area contributed by atoms with Gasteiger partial charge in [0.15, 0.2) is 0 Å². The van der Waals surface area contributed by atoms with Crippen molar-refractivity contribution in [2.75, 3.05) is 20.2 Å². The highest BCUT2D eigenvalue weighted by molar-refractivity contribution is 5.85. The molecule has 0 spiro atoms. The van der Waals surface area contributed by atoms with Gasteiger partial charge in [-0.15, -0.1) is 0 Å². The van der Waals surface area contributed by atoms with Crippen LogP contribution in [0, 0.1) is 5.92 Å². The predicted octanol–water partition coefficient (Wildman–Crippen LogP) is 1.79. The first-order valence-electron chi connectivity index (χ1n) is 7.39. The molecule has 0 N–H and O–H groups in total. The Hall–Kier alpha value is -1.88. The highest BCUT2D eigenvalue weighted by Crippen LogP contribution is 2.41. The maximum absolute atomic E-state index is 12.3. The Morgan fingerprint density at radius 2 is 2.05 bits per heavy atom. The van der Waals surface area contributed by atoms with Crippen LogP contribution in [-0.2, 0) is 9.59 Å². The Morgan fingerprint density at radius 1 is 1.33 bits per heavy atom. The Balaban J connectivity index is 1.94. The van der Waals surface area contributed by atoms with Crippen molar-refractivity contribution >= 4 is 11.7 Å². The standard InChI is InChI=1S/C16H20N2O3/c1-3-14(19)13-10-18-15(20)8-9-17(18)16(13)11-4-6-12(21-2)7-5-11/h4-7,13,16H,3,8-10H2,1-2H3. The van der Waals surface area contributed by atoms with E-state index >= 15 is 0 Å². The van der Waals surface area contributed by atoms with E-state index in [1.807, 2.05) is 31.2 Å². The lowest BCUT2D eigenvalue weighted by Crippen LogP contribution is -2.33. The van der Waals surface area contributed by atoms with Crippen LogP contribution in [0.1, 0.15) is 31.4 Å². The summed E-state index contributed by atoms with van der Waals surface area (Å²) in [6.45, 7) is 3.10. The van der Waals surface area contributed by atoms with Crippen LogP contribution < -0.4 is 4.74 Å². The van der Waals surface area contributed by atoms with E-state index < -0.39 is 0 Å². The van der Waals surface area contributed by atoms with Gasteiger partial charge in [0.25, 0.3) is 0 Å². The van der Waals surface area contributed by atoms with Crippen molar-refractivity contribution in [2.24, 2.45) is 5.92 Å². The number of carbonyl (C=O) groups is 2. The molecule has 2 saturated heterocycles. The number of hydrogen-bond donors (Lipinski definition) is 0. The summed E-state index contributed by atoms with van der Waals surface area (Å²) < 4.78 is 5.19. The quantitative estimate of drug-likeness (QED) is 0.847. The van der Waals surface area contributed by atoms with Gasteiger partial charge in [0, 0.05) is 25.9 Å². The van der Waals surface area contributed by atoms with Crippen LogP contribution in [0.2, 0.25) is 0 Å². The number of benzene rings is 1. The average molecular weight is 288 g/mol. The summed E-state index contributed by atoms with van der Waals surface area (Å²) in [5.41, 5.74) is 1.07. The zero-order chi connectivity index (χ0) is 15.0. The summed E-state index contributed by atoms with van der Waals surface area (Å²) >= 11 is 0. The average Bonchev–Trinajstić information content (AvgIpc) is 3.07. The smallest absolute Gasteiger partial charge is 0.238 e. The van der Waals surface area contributed by atoms with Gasteiger partial charge in [-0.1, -0.05) is 19.1 Å². The number of nitrogens with zero attached hydrogens (tertiary/aromatic N) is 2. The second kappa shape index (κ2) is 5.48. The minimum Gasteiger partial charge on any atom is -0.497 e. The Morgan fingerprint density at radius 3 is 2.67 bits per heavy atom. The van der Waals surface area contributed by atoms with E-state index in [0.717, 1.165) is 11.3 Å². The van der Waals surface area contributed by atoms with Gasteiger partial charge in [-0.2, -0.15) is 0 Å². The van der Waals surface area contributed by atoms with Crippen molar-refractivity contribution in [1.82, 2.24) is 10.0 Å². The third kappa shape index (κ3) is 2.31. The summed E-state index contributed by atoms with van der Waals surface area (Å²) in [5.74, 6) is 1.01. The van der Waals surface area contributed by atoms with Gasteiger partial charge in [-0.3, -0.25) is 14.6 Å². The monoisotopic (exact) mass is 288 g/mol. The zero-order valence-electron chi connectivity index (χ0n) is 12.4. The minimum absolute atomic E-state index is 0.0326. The second-order valence-electron chi connectivity index (χ2n) is 5.53. The highest BCUT2D eigenvalue weighted by atomic mass is 16.5. The van der Waals surface area contributed by atoms with Crippen LogP contribution in [0.15, 0.2) is 24.3 Å². The van der Waals surface area contributed by atoms with Crippen molar-refractivity contribution < 1.29 is 14.3 Å². The molecule has 0 radical (unpaired) electrons. The predicted molar refractivity (Wildman–Crippen MR) is 77.6 cm³/mol. The number of ketones is 1. The molecule has 5 heteroatoms. The van der Waals surface area contributed by atoms with E-state index in [9.17, 15) is 9.59 Å². The zero-order valence-corrected chi connectivity index (χ0v) is 12.4. The van der Waals surface area contributed by atoms with Gasteiger partial charge < -0.3 is 4.74 Å². The minimum atomic E-state index is -0.132. The van der Waals surface area contributed by atoms with Gasteiger partial charge >= 0.3 is 0 Å². The molecule has 5 nitrogen and oxygen atoms in total. The van der Waals surface area contributed by atoms with Crippen molar-refractivity contribution in [3.05, 3.63) is 29.8 Å². The second-order valence-corrected chi connectivity index (χ2v) is 5.53. The summed E-state index contributed by atoms with van der Waals surface area (Å²) in [6, 6.07) is 7.76. The first-order valence-corrected chi connectivity index (χ1v) is 7.39. The molecule has 0 saturated carbocycles. The summed E-state index contributed by atoms with van der Waals surface area (Å²) in [5, 5.41) is 3.81. The summed E-state index contributed by atoms with van der Waals surface area (Å²) in [7, 11) is 1.63. The highest BCUT2D eigenvalue weighted by Gasteiger charge is 2.48. The molecular formula is C16H20N2O3. The van der Waals surface area contributed by atoms with Crippen LogP contribution in [0.5, 0.6) is 5.75 Å². The number of hydrogen-bond acceptors (Lipinski definition) is 4. The van der Waals surface area contributed by atoms with Gasteiger partial charge in [0.05, 0.1) is 19.1 Å². The molecule has 21 heavy (non-hydrogen) atoms. The van der Waals surface area contributed by atoms with E-state index in [2.05, 4.69) is 5.01 Å². The molecule has 1 aromatic carbocycles. The van der Waals surface area contributed by atoms with Gasteiger partial charge in [-0.05, 0) is 17.7 Å². The van der Waals surface area contributed by atoms with E-state index in [1.165, 1.54) is 0 Å². The van der Waals surface area contributed by atoms with Crippen molar-refractivity contribution in [1.29, 1.82) is 0 Å². The molecule has 1 aromatic rings. The number of fused-ring (bicyclic) bond motifs is 1. The number of rotatable bonds is 4. The molecule has 0 bridgehead atoms. The molecule has 112 valence electrons. The lowest BCUT2D eigenvalue weighted by Gasteiger charge is -2.26. The third-order valence-corrected chi connectivity index (χ3v) is 4.44. The van der Waals surface area contributed by atoms with Crippen molar-refractivity contribution in [3.63, 3.8) is 0 Å². The van der Waals surface area contributed by atoms with Crippen LogP contribution in [0.3, 0.4) is 0 Å². The van der Waals surface area contributed by atoms with Gasteiger partial charge in [0.2, 0.25) is 5.91 Å². The molecule has 2 aliphatic heterocycles. The molecule has 0 aromatic heterocycles. The Kier molecular flexibility index (Phi) is 3.68. The van der Waals surface area contributed by atoms with Crippen LogP contribution in [0.4, 0.5) is 0 Å². The maximum atomic E-state index is 12.3.